The van der Waals surface area contributed by atoms with E-state index in [0.29, 0.717) is 23.8 Å². The molecular weight excluding hydrogens is 248 g/mol. The number of hydrogen-bond acceptors (Lipinski definition) is 2. The molecule has 2 atom stereocenters. The molecule has 0 spiro atoms. The predicted octanol–water partition coefficient (Wildman–Crippen LogP) is 3.03. The van der Waals surface area contributed by atoms with Crippen LogP contribution in [0.5, 0.6) is 0 Å². The summed E-state index contributed by atoms with van der Waals surface area (Å²) >= 11 is 0. The molecule has 1 aliphatic carbocycles. The van der Waals surface area contributed by atoms with Gasteiger partial charge in [-0.15, -0.1) is 0 Å². The maximum absolute atomic E-state index is 12.7. The molecule has 1 amide bonds. The van der Waals surface area contributed by atoms with Gasteiger partial charge >= 0.3 is 0 Å². The van der Waals surface area contributed by atoms with Crippen molar-refractivity contribution < 1.29 is 4.79 Å². The Morgan fingerprint density at radius 3 is 2.25 bits per heavy atom. The largest absolute Gasteiger partial charge is 0.338 e. The highest BCUT2D eigenvalue weighted by Crippen LogP contribution is 2.40. The quantitative estimate of drug-likeness (QED) is 0.845. The molecule has 116 valence electrons. The Bertz CT molecular complexity index is 339. The number of nitrogens with two attached hydrogens (primary N) is 1. The minimum absolute atomic E-state index is 0.257. The zero-order valence-electron chi connectivity index (χ0n) is 13.7. The number of carbonyl (C=O) groups is 1. The van der Waals surface area contributed by atoms with Gasteiger partial charge in [0.05, 0.1) is 0 Å². The lowest BCUT2D eigenvalue weighted by Crippen LogP contribution is -2.45. The van der Waals surface area contributed by atoms with Crippen molar-refractivity contribution in [2.75, 3.05) is 13.1 Å². The smallest absolute Gasteiger partial charge is 0.225 e. The van der Waals surface area contributed by atoms with Crippen LogP contribution in [-0.2, 0) is 4.79 Å². The molecule has 20 heavy (non-hydrogen) atoms. The minimum atomic E-state index is 0.257. The van der Waals surface area contributed by atoms with E-state index in [4.69, 9.17) is 5.73 Å². The number of hydrogen-bond donors (Lipinski definition) is 1. The zero-order valence-corrected chi connectivity index (χ0v) is 13.7. The molecule has 2 fully saturated rings. The number of carbonyl (C=O) groups excluding carboxylic acids is 1. The highest BCUT2D eigenvalue weighted by atomic mass is 16.2. The molecule has 1 aliphatic heterocycles. The summed E-state index contributed by atoms with van der Waals surface area (Å²) in [6, 6.07) is 0.280. The third kappa shape index (κ3) is 3.19. The van der Waals surface area contributed by atoms with Crippen LogP contribution >= 0.6 is 0 Å². The predicted molar refractivity (Wildman–Crippen MR) is 83.2 cm³/mol. The van der Waals surface area contributed by atoms with E-state index in [9.17, 15) is 4.79 Å². The summed E-state index contributed by atoms with van der Waals surface area (Å²) in [7, 11) is 0. The summed E-state index contributed by atoms with van der Waals surface area (Å²) in [6.07, 6.45) is 5.67. The number of amides is 1. The zero-order chi connectivity index (χ0) is 14.9. The molecule has 3 heteroatoms. The average molecular weight is 280 g/mol. The molecule has 0 radical (unpaired) electrons. The SMILES string of the molecule is CC1CCN(C(=O)C2CCC(C(C)(C)C)CC2)C1CN. The van der Waals surface area contributed by atoms with Crippen LogP contribution in [0.2, 0.25) is 0 Å². The summed E-state index contributed by atoms with van der Waals surface area (Å²) in [5.41, 5.74) is 6.25. The fourth-order valence-corrected chi connectivity index (χ4v) is 4.08. The van der Waals surface area contributed by atoms with Crippen LogP contribution in [0.15, 0.2) is 0 Å². The molecule has 2 rings (SSSR count). The van der Waals surface area contributed by atoms with E-state index in [1.54, 1.807) is 0 Å². The second-order valence-corrected chi connectivity index (χ2v) is 8.02. The number of nitrogens with zero attached hydrogens (tertiary/aromatic N) is 1. The first kappa shape index (κ1) is 15.8. The monoisotopic (exact) mass is 280 g/mol. The van der Waals surface area contributed by atoms with Gasteiger partial charge in [-0.25, -0.2) is 0 Å². The van der Waals surface area contributed by atoms with Gasteiger partial charge < -0.3 is 10.6 Å². The van der Waals surface area contributed by atoms with Crippen LogP contribution in [0.25, 0.3) is 0 Å². The molecule has 0 bridgehead atoms. The Morgan fingerprint density at radius 1 is 1.15 bits per heavy atom. The molecule has 2 aliphatic rings. The number of likely N-dealkylation sites (tertiary alicyclic amines) is 1. The molecule has 3 nitrogen and oxygen atoms in total. The second-order valence-electron chi connectivity index (χ2n) is 8.02. The van der Waals surface area contributed by atoms with E-state index in [-0.39, 0.29) is 12.0 Å². The van der Waals surface area contributed by atoms with E-state index < -0.39 is 0 Å². The van der Waals surface area contributed by atoms with E-state index in [0.717, 1.165) is 31.7 Å². The Hall–Kier alpha value is -0.570. The van der Waals surface area contributed by atoms with Crippen LogP contribution in [-0.4, -0.2) is 29.9 Å². The summed E-state index contributed by atoms with van der Waals surface area (Å²) in [5.74, 6) is 1.98. The highest BCUT2D eigenvalue weighted by molar-refractivity contribution is 5.79. The van der Waals surface area contributed by atoms with E-state index in [2.05, 4.69) is 32.6 Å². The van der Waals surface area contributed by atoms with Crippen LogP contribution < -0.4 is 5.73 Å². The maximum Gasteiger partial charge on any atom is 0.225 e. The molecule has 0 aromatic rings. The lowest BCUT2D eigenvalue weighted by molar-refractivity contribution is -0.138. The van der Waals surface area contributed by atoms with Crippen LogP contribution in [0, 0.1) is 23.2 Å². The van der Waals surface area contributed by atoms with Crippen molar-refractivity contribution >= 4 is 5.91 Å². The van der Waals surface area contributed by atoms with Gasteiger partial charge in [-0.2, -0.15) is 0 Å². The summed E-state index contributed by atoms with van der Waals surface area (Å²) in [6.45, 7) is 10.7. The second kappa shape index (κ2) is 6.05. The Balaban J connectivity index is 1.92. The van der Waals surface area contributed by atoms with Crippen molar-refractivity contribution in [1.29, 1.82) is 0 Å². The first-order valence-electron chi connectivity index (χ1n) is 8.35. The maximum atomic E-state index is 12.7. The molecule has 2 N–H and O–H groups in total. The van der Waals surface area contributed by atoms with Crippen molar-refractivity contribution in [3.63, 3.8) is 0 Å². The van der Waals surface area contributed by atoms with Gasteiger partial charge in [-0.1, -0.05) is 27.7 Å². The van der Waals surface area contributed by atoms with Gasteiger partial charge in [0.15, 0.2) is 0 Å². The normalized spacial score (nSPS) is 35.4. The first-order chi connectivity index (χ1) is 9.34. The molecule has 2 unspecified atom stereocenters. The third-order valence-electron chi connectivity index (χ3n) is 5.71. The topological polar surface area (TPSA) is 46.3 Å². The molecular formula is C17H32N2O. The summed E-state index contributed by atoms with van der Waals surface area (Å²) in [4.78, 5) is 14.8. The van der Waals surface area contributed by atoms with Crippen molar-refractivity contribution in [3.8, 4) is 0 Å². The van der Waals surface area contributed by atoms with E-state index in [1.165, 1.54) is 12.8 Å². The van der Waals surface area contributed by atoms with E-state index >= 15 is 0 Å². The first-order valence-corrected chi connectivity index (χ1v) is 8.35. The standard InChI is InChI=1S/C17H32N2O/c1-12-9-10-19(15(12)11-18)16(20)13-5-7-14(8-6-13)17(2,3)4/h12-15H,5-11,18H2,1-4H3. The summed E-state index contributed by atoms with van der Waals surface area (Å²) < 4.78 is 0. The third-order valence-corrected chi connectivity index (χ3v) is 5.71. The fraction of sp³-hybridized carbons (Fsp3) is 0.941. The van der Waals surface area contributed by atoms with Crippen molar-refractivity contribution in [3.05, 3.63) is 0 Å². The van der Waals surface area contributed by atoms with Gasteiger partial charge in [0.1, 0.15) is 0 Å². The lowest BCUT2D eigenvalue weighted by Gasteiger charge is -2.38. The van der Waals surface area contributed by atoms with Gasteiger partial charge in [0.25, 0.3) is 0 Å². The molecule has 1 saturated carbocycles. The van der Waals surface area contributed by atoms with Crippen molar-refractivity contribution in [2.24, 2.45) is 28.9 Å². The summed E-state index contributed by atoms with van der Waals surface area (Å²) in [5, 5.41) is 0. The molecule has 0 aromatic heterocycles. The number of rotatable bonds is 2. The fourth-order valence-electron chi connectivity index (χ4n) is 4.08. The Kier molecular flexibility index (Phi) is 4.78. The van der Waals surface area contributed by atoms with Crippen molar-refractivity contribution in [2.45, 2.75) is 65.8 Å². The Labute approximate surface area is 124 Å². The average Bonchev–Trinajstić information content (AvgIpc) is 2.78. The highest BCUT2D eigenvalue weighted by Gasteiger charge is 2.39. The van der Waals surface area contributed by atoms with Crippen molar-refractivity contribution in [1.82, 2.24) is 4.90 Å². The van der Waals surface area contributed by atoms with Gasteiger partial charge in [0, 0.05) is 25.0 Å². The molecule has 0 aromatic carbocycles. The molecule has 1 heterocycles. The van der Waals surface area contributed by atoms with Crippen LogP contribution in [0.4, 0.5) is 0 Å². The Morgan fingerprint density at radius 2 is 1.75 bits per heavy atom. The lowest BCUT2D eigenvalue weighted by atomic mass is 9.69. The van der Waals surface area contributed by atoms with E-state index in [1.807, 2.05) is 0 Å². The van der Waals surface area contributed by atoms with Gasteiger partial charge in [-0.05, 0) is 49.4 Å². The van der Waals surface area contributed by atoms with Gasteiger partial charge in [0.2, 0.25) is 5.91 Å². The van der Waals surface area contributed by atoms with Crippen LogP contribution in [0.1, 0.15) is 59.8 Å². The van der Waals surface area contributed by atoms with Crippen LogP contribution in [0.3, 0.4) is 0 Å². The minimum Gasteiger partial charge on any atom is -0.338 e. The molecule has 1 saturated heterocycles. The van der Waals surface area contributed by atoms with Gasteiger partial charge in [-0.3, -0.25) is 4.79 Å².